The molecule has 0 spiro atoms. The number of ether oxygens (including phenoxy) is 1. The van der Waals surface area contributed by atoms with Crippen LogP contribution in [-0.4, -0.2) is 28.8 Å². The van der Waals surface area contributed by atoms with Gasteiger partial charge < -0.3 is 14.9 Å². The van der Waals surface area contributed by atoms with Gasteiger partial charge in [0.1, 0.15) is 22.1 Å². The van der Waals surface area contributed by atoms with Gasteiger partial charge in [-0.05, 0) is 19.3 Å². The van der Waals surface area contributed by atoms with Crippen molar-refractivity contribution in [2.24, 2.45) is 0 Å². The van der Waals surface area contributed by atoms with E-state index in [0.717, 1.165) is 6.42 Å². The number of halogens is 2. The van der Waals surface area contributed by atoms with Gasteiger partial charge in [-0.25, -0.2) is 4.39 Å². The summed E-state index contributed by atoms with van der Waals surface area (Å²) in [6.45, 7) is -0.0404. The molecule has 2 rings (SSSR count). The maximum Gasteiger partial charge on any atom is 0.323 e. The summed E-state index contributed by atoms with van der Waals surface area (Å²) in [7, 11) is 1.34. The van der Waals surface area contributed by atoms with Crippen LogP contribution in [0.5, 0.6) is 11.5 Å². The van der Waals surface area contributed by atoms with Gasteiger partial charge in [0.15, 0.2) is 5.82 Å². The van der Waals surface area contributed by atoms with E-state index in [1.807, 2.05) is 0 Å². The zero-order chi connectivity index (χ0) is 14.9. The second-order valence-corrected chi connectivity index (χ2v) is 5.18. The lowest BCUT2D eigenvalue weighted by molar-refractivity contribution is -0.148. The standard InChI is InChI=1S/C13H15ClFNO4/c1-20-9-5-8(17)10(14)11(15)7(9)6-16-13(12(18)19)3-2-4-13/h5,16-17H,2-4,6H2,1H3,(H,18,19). The number of nitrogens with one attached hydrogen (secondary N) is 1. The fourth-order valence-electron chi connectivity index (χ4n) is 2.23. The number of carboxylic acids is 1. The van der Waals surface area contributed by atoms with Crippen molar-refractivity contribution in [1.82, 2.24) is 5.32 Å². The molecule has 110 valence electrons. The van der Waals surface area contributed by atoms with E-state index in [9.17, 15) is 19.4 Å². The van der Waals surface area contributed by atoms with E-state index in [4.69, 9.17) is 16.3 Å². The summed E-state index contributed by atoms with van der Waals surface area (Å²) in [6.07, 6.45) is 1.81. The van der Waals surface area contributed by atoms with Gasteiger partial charge >= 0.3 is 5.97 Å². The number of benzene rings is 1. The summed E-state index contributed by atoms with van der Waals surface area (Å²) in [5, 5.41) is 21.1. The summed E-state index contributed by atoms with van der Waals surface area (Å²) in [5.41, 5.74) is -0.912. The minimum Gasteiger partial charge on any atom is -0.506 e. The molecule has 0 radical (unpaired) electrons. The first-order valence-corrected chi connectivity index (χ1v) is 6.51. The van der Waals surface area contributed by atoms with E-state index in [1.165, 1.54) is 13.2 Å². The lowest BCUT2D eigenvalue weighted by atomic mass is 9.76. The molecule has 0 amide bonds. The highest BCUT2D eigenvalue weighted by atomic mass is 35.5. The van der Waals surface area contributed by atoms with Crippen molar-refractivity contribution in [3.05, 3.63) is 22.5 Å². The third-order valence-electron chi connectivity index (χ3n) is 3.69. The van der Waals surface area contributed by atoms with Crippen molar-refractivity contribution in [1.29, 1.82) is 0 Å². The van der Waals surface area contributed by atoms with Crippen molar-refractivity contribution in [2.75, 3.05) is 7.11 Å². The molecule has 5 nitrogen and oxygen atoms in total. The molecule has 0 aliphatic heterocycles. The Labute approximate surface area is 120 Å². The predicted molar refractivity (Wildman–Crippen MR) is 70.7 cm³/mol. The summed E-state index contributed by atoms with van der Waals surface area (Å²) < 4.78 is 19.0. The molecule has 0 bridgehead atoms. The number of phenolic OH excluding ortho intramolecular Hbond substituents is 1. The Morgan fingerprint density at radius 3 is 2.70 bits per heavy atom. The fourth-order valence-corrected chi connectivity index (χ4v) is 2.40. The second-order valence-electron chi connectivity index (χ2n) is 4.80. The Balaban J connectivity index is 2.25. The Morgan fingerprint density at radius 2 is 2.25 bits per heavy atom. The highest BCUT2D eigenvalue weighted by Crippen LogP contribution is 2.37. The minimum absolute atomic E-state index is 0.0404. The normalized spacial score (nSPS) is 16.6. The highest BCUT2D eigenvalue weighted by Gasteiger charge is 2.44. The van der Waals surface area contributed by atoms with Crippen LogP contribution < -0.4 is 10.1 Å². The molecule has 0 atom stereocenters. The Kier molecular flexibility index (Phi) is 4.06. The van der Waals surface area contributed by atoms with Gasteiger partial charge in [-0.15, -0.1) is 0 Å². The maximum atomic E-state index is 14.0. The van der Waals surface area contributed by atoms with E-state index >= 15 is 0 Å². The molecule has 0 heterocycles. The van der Waals surface area contributed by atoms with Crippen molar-refractivity contribution < 1.29 is 24.1 Å². The SMILES string of the molecule is COc1cc(O)c(Cl)c(F)c1CNC1(C(=O)O)CCC1. The number of carboxylic acid groups (broad SMARTS) is 1. The molecule has 7 heteroatoms. The second kappa shape index (κ2) is 5.46. The molecule has 1 aliphatic rings. The van der Waals surface area contributed by atoms with Crippen LogP contribution in [0.1, 0.15) is 24.8 Å². The molecule has 1 saturated carbocycles. The van der Waals surface area contributed by atoms with Gasteiger partial charge in [0, 0.05) is 18.2 Å². The zero-order valence-electron chi connectivity index (χ0n) is 10.9. The number of aliphatic carboxylic acids is 1. The van der Waals surface area contributed by atoms with Gasteiger partial charge in [0.2, 0.25) is 0 Å². The number of hydrogen-bond donors (Lipinski definition) is 3. The summed E-state index contributed by atoms with van der Waals surface area (Å²) in [5.74, 6) is -2.05. The van der Waals surface area contributed by atoms with E-state index in [2.05, 4.69) is 5.32 Å². The van der Waals surface area contributed by atoms with Gasteiger partial charge in [-0.1, -0.05) is 11.6 Å². The van der Waals surface area contributed by atoms with Crippen LogP contribution in [0.2, 0.25) is 5.02 Å². The molecule has 0 aromatic heterocycles. The van der Waals surface area contributed by atoms with Crippen molar-refractivity contribution in [3.63, 3.8) is 0 Å². The maximum absolute atomic E-state index is 14.0. The average molecular weight is 304 g/mol. The van der Waals surface area contributed by atoms with Crippen LogP contribution in [0.25, 0.3) is 0 Å². The summed E-state index contributed by atoms with van der Waals surface area (Å²) in [4.78, 5) is 11.2. The van der Waals surface area contributed by atoms with Crippen molar-refractivity contribution in [2.45, 2.75) is 31.3 Å². The lowest BCUT2D eigenvalue weighted by Gasteiger charge is -2.38. The van der Waals surface area contributed by atoms with E-state index in [0.29, 0.717) is 12.8 Å². The number of rotatable bonds is 5. The Hall–Kier alpha value is -1.53. The first kappa shape index (κ1) is 14.9. The van der Waals surface area contributed by atoms with Gasteiger partial charge in [0.25, 0.3) is 0 Å². The van der Waals surface area contributed by atoms with Crippen LogP contribution >= 0.6 is 11.6 Å². The molecule has 20 heavy (non-hydrogen) atoms. The molecular formula is C13H15ClFNO4. The predicted octanol–water partition coefficient (Wildman–Crippen LogP) is 2.29. The van der Waals surface area contributed by atoms with Crippen LogP contribution in [0, 0.1) is 5.82 Å². The molecule has 1 aromatic rings. The third kappa shape index (κ3) is 2.41. The van der Waals surface area contributed by atoms with Crippen molar-refractivity contribution in [3.8, 4) is 11.5 Å². The van der Waals surface area contributed by atoms with Crippen LogP contribution in [0.15, 0.2) is 6.07 Å². The Morgan fingerprint density at radius 1 is 1.60 bits per heavy atom. The van der Waals surface area contributed by atoms with Gasteiger partial charge in [-0.3, -0.25) is 10.1 Å². The topological polar surface area (TPSA) is 78.8 Å². The number of aromatic hydroxyl groups is 1. The number of phenols is 1. The van der Waals surface area contributed by atoms with E-state index < -0.39 is 28.1 Å². The minimum atomic E-state index is -1.01. The molecular weight excluding hydrogens is 289 g/mol. The Bertz CT molecular complexity index is 546. The third-order valence-corrected chi connectivity index (χ3v) is 4.05. The molecule has 1 aromatic carbocycles. The quantitative estimate of drug-likeness (QED) is 0.778. The van der Waals surface area contributed by atoms with Crippen LogP contribution in [-0.2, 0) is 11.3 Å². The van der Waals surface area contributed by atoms with Gasteiger partial charge in [-0.2, -0.15) is 0 Å². The van der Waals surface area contributed by atoms with Crippen LogP contribution in [0.3, 0.4) is 0 Å². The number of methoxy groups -OCH3 is 1. The van der Waals surface area contributed by atoms with E-state index in [-0.39, 0.29) is 17.9 Å². The lowest BCUT2D eigenvalue weighted by Crippen LogP contribution is -2.56. The molecule has 1 aliphatic carbocycles. The van der Waals surface area contributed by atoms with Crippen LogP contribution in [0.4, 0.5) is 4.39 Å². The molecule has 3 N–H and O–H groups in total. The largest absolute Gasteiger partial charge is 0.506 e. The molecule has 0 unspecified atom stereocenters. The molecule has 1 fully saturated rings. The van der Waals surface area contributed by atoms with Gasteiger partial charge in [0.05, 0.1) is 7.11 Å². The first-order chi connectivity index (χ1) is 9.41. The average Bonchev–Trinajstić information content (AvgIpc) is 2.36. The summed E-state index contributed by atoms with van der Waals surface area (Å²) in [6, 6.07) is 1.21. The first-order valence-electron chi connectivity index (χ1n) is 6.13. The monoisotopic (exact) mass is 303 g/mol. The fraction of sp³-hybridized carbons (Fsp3) is 0.462. The summed E-state index contributed by atoms with van der Waals surface area (Å²) >= 11 is 5.65. The molecule has 0 saturated heterocycles. The highest BCUT2D eigenvalue weighted by molar-refractivity contribution is 6.32. The van der Waals surface area contributed by atoms with E-state index in [1.54, 1.807) is 0 Å². The zero-order valence-corrected chi connectivity index (χ0v) is 11.6. The number of carbonyl (C=O) groups is 1. The van der Waals surface area contributed by atoms with Crippen molar-refractivity contribution >= 4 is 17.6 Å². The smallest absolute Gasteiger partial charge is 0.323 e. The number of hydrogen-bond acceptors (Lipinski definition) is 4.